The van der Waals surface area contributed by atoms with Crippen LogP contribution in [-0.4, -0.2) is 47.2 Å². The van der Waals surface area contributed by atoms with Crippen molar-refractivity contribution < 1.29 is 4.79 Å². The second kappa shape index (κ2) is 8.48. The Bertz CT molecular complexity index is 940. The summed E-state index contributed by atoms with van der Waals surface area (Å²) >= 11 is 6.20. The molecule has 2 aromatic carbocycles. The maximum atomic E-state index is 12.7. The largest absolute Gasteiger partial charge is 0.353 e. The fourth-order valence-electron chi connectivity index (χ4n) is 3.55. The Morgan fingerprint density at radius 3 is 2.61 bits per heavy atom. The van der Waals surface area contributed by atoms with E-state index in [1.807, 2.05) is 47.4 Å². The Morgan fingerprint density at radius 1 is 1.00 bits per heavy atom. The number of nitrogens with one attached hydrogen (secondary N) is 1. The van der Waals surface area contributed by atoms with Crippen molar-refractivity contribution in [1.82, 2.24) is 15.1 Å². The number of hydrogen-bond acceptors (Lipinski definition) is 3. The molecule has 144 valence electrons. The highest BCUT2D eigenvalue weighted by Crippen LogP contribution is 2.23. The van der Waals surface area contributed by atoms with Crippen LogP contribution < -0.4 is 4.90 Å². The van der Waals surface area contributed by atoms with Gasteiger partial charge in [-0.05, 0) is 23.6 Å². The van der Waals surface area contributed by atoms with Gasteiger partial charge in [-0.2, -0.15) is 5.10 Å². The predicted octanol–water partition coefficient (Wildman–Crippen LogP) is 4.01. The van der Waals surface area contributed by atoms with E-state index in [0.29, 0.717) is 18.0 Å². The van der Waals surface area contributed by atoms with Crippen molar-refractivity contribution in [3.8, 4) is 11.3 Å². The zero-order chi connectivity index (χ0) is 19.3. The van der Waals surface area contributed by atoms with Gasteiger partial charge in [-0.3, -0.25) is 9.89 Å². The van der Waals surface area contributed by atoms with Gasteiger partial charge in [0.05, 0.1) is 12.1 Å². The van der Waals surface area contributed by atoms with Gasteiger partial charge in [0.2, 0.25) is 5.91 Å². The number of amides is 1. The number of carbonyl (C=O) groups is 1. The molecule has 0 spiro atoms. The summed E-state index contributed by atoms with van der Waals surface area (Å²) in [6.45, 7) is 3.11. The first-order chi connectivity index (χ1) is 13.7. The van der Waals surface area contributed by atoms with Crippen molar-refractivity contribution in [2.45, 2.75) is 12.8 Å². The summed E-state index contributed by atoms with van der Waals surface area (Å²) in [7, 11) is 0. The minimum atomic E-state index is 0.127. The Kier molecular flexibility index (Phi) is 5.63. The number of nitrogens with zero attached hydrogens (tertiary/aromatic N) is 3. The number of H-pyrrole nitrogens is 1. The summed E-state index contributed by atoms with van der Waals surface area (Å²) in [5, 5.41) is 8.26. The number of aromatic amines is 1. The molecule has 0 atom stereocenters. The average molecular weight is 395 g/mol. The fraction of sp³-hybridized carbons (Fsp3) is 0.273. The third-order valence-electron chi connectivity index (χ3n) is 5.12. The van der Waals surface area contributed by atoms with Crippen LogP contribution in [0.25, 0.3) is 11.3 Å². The highest BCUT2D eigenvalue weighted by atomic mass is 35.5. The second-order valence-electron chi connectivity index (χ2n) is 7.00. The number of halogens is 1. The lowest BCUT2D eigenvalue weighted by molar-refractivity contribution is -0.130. The summed E-state index contributed by atoms with van der Waals surface area (Å²) in [6.07, 6.45) is 1.27. The number of anilines is 1. The van der Waals surface area contributed by atoms with E-state index in [-0.39, 0.29) is 5.91 Å². The van der Waals surface area contributed by atoms with Crippen molar-refractivity contribution >= 4 is 23.3 Å². The normalized spacial score (nSPS) is 14.8. The van der Waals surface area contributed by atoms with Gasteiger partial charge < -0.3 is 9.80 Å². The number of rotatable bonds is 4. The Hall–Kier alpha value is -2.79. The van der Waals surface area contributed by atoms with Crippen molar-refractivity contribution in [2.75, 3.05) is 31.1 Å². The summed E-state index contributed by atoms with van der Waals surface area (Å²) in [6, 6.07) is 19.8. The minimum Gasteiger partial charge on any atom is -0.353 e. The Morgan fingerprint density at radius 2 is 1.79 bits per heavy atom. The quantitative estimate of drug-likeness (QED) is 0.727. The number of carbonyl (C=O) groups excluding carboxylic acids is 1. The van der Waals surface area contributed by atoms with Crippen LogP contribution in [-0.2, 0) is 11.2 Å². The topological polar surface area (TPSA) is 52.2 Å². The summed E-state index contributed by atoms with van der Waals surface area (Å²) < 4.78 is 0. The van der Waals surface area contributed by atoms with Crippen LogP contribution in [0.15, 0.2) is 60.7 Å². The molecule has 1 aliphatic heterocycles. The standard InChI is InChI=1S/C22H23ClN4O/c23-19-10-5-4-9-18(19)15-22(28)27-12-6-11-26(13-14-27)21-16-20(24-25-21)17-7-2-1-3-8-17/h1-5,7-10,16H,6,11-15H2,(H,24,25). The molecule has 28 heavy (non-hydrogen) atoms. The van der Waals surface area contributed by atoms with Crippen LogP contribution in [0.5, 0.6) is 0 Å². The van der Waals surface area contributed by atoms with Gasteiger partial charge in [0.15, 0.2) is 5.82 Å². The van der Waals surface area contributed by atoms with Crippen molar-refractivity contribution in [2.24, 2.45) is 0 Å². The predicted molar refractivity (Wildman–Crippen MR) is 113 cm³/mol. The maximum Gasteiger partial charge on any atom is 0.227 e. The van der Waals surface area contributed by atoms with Gasteiger partial charge in [0, 0.05) is 37.3 Å². The van der Waals surface area contributed by atoms with Crippen LogP contribution in [0.2, 0.25) is 5.02 Å². The van der Waals surface area contributed by atoms with E-state index in [9.17, 15) is 4.79 Å². The van der Waals surface area contributed by atoms with E-state index >= 15 is 0 Å². The highest BCUT2D eigenvalue weighted by molar-refractivity contribution is 6.31. The third-order valence-corrected chi connectivity index (χ3v) is 5.49. The lowest BCUT2D eigenvalue weighted by atomic mass is 10.1. The first-order valence-corrected chi connectivity index (χ1v) is 9.95. The molecule has 0 radical (unpaired) electrons. The van der Waals surface area contributed by atoms with E-state index in [0.717, 1.165) is 48.7 Å². The molecule has 1 aromatic heterocycles. The van der Waals surface area contributed by atoms with E-state index in [1.54, 1.807) is 0 Å². The van der Waals surface area contributed by atoms with Gasteiger partial charge in [-0.1, -0.05) is 60.1 Å². The molecule has 1 aliphatic rings. The number of aromatic nitrogens is 2. The first-order valence-electron chi connectivity index (χ1n) is 9.57. The van der Waals surface area contributed by atoms with Gasteiger partial charge in [0.1, 0.15) is 0 Å². The Labute approximate surface area is 169 Å². The van der Waals surface area contributed by atoms with Crippen LogP contribution >= 0.6 is 11.6 Å². The van der Waals surface area contributed by atoms with Crippen LogP contribution in [0.1, 0.15) is 12.0 Å². The SMILES string of the molecule is O=C(Cc1ccccc1Cl)N1CCCN(c2cc(-c3ccccc3)[nH]n2)CC1. The molecule has 5 nitrogen and oxygen atoms in total. The molecule has 3 aromatic rings. The van der Waals surface area contributed by atoms with E-state index in [1.165, 1.54) is 0 Å². The molecule has 0 unspecified atom stereocenters. The molecular weight excluding hydrogens is 372 g/mol. The maximum absolute atomic E-state index is 12.7. The summed E-state index contributed by atoms with van der Waals surface area (Å²) in [4.78, 5) is 16.9. The molecule has 1 fully saturated rings. The fourth-order valence-corrected chi connectivity index (χ4v) is 3.75. The van der Waals surface area contributed by atoms with Crippen LogP contribution in [0, 0.1) is 0 Å². The highest BCUT2D eigenvalue weighted by Gasteiger charge is 2.21. The van der Waals surface area contributed by atoms with Gasteiger partial charge in [0.25, 0.3) is 0 Å². The molecule has 0 saturated carbocycles. The van der Waals surface area contributed by atoms with Gasteiger partial charge >= 0.3 is 0 Å². The van der Waals surface area contributed by atoms with Gasteiger partial charge in [-0.15, -0.1) is 0 Å². The first kappa shape index (κ1) is 18.6. The third kappa shape index (κ3) is 4.20. The Balaban J connectivity index is 1.39. The zero-order valence-electron chi connectivity index (χ0n) is 15.6. The van der Waals surface area contributed by atoms with Crippen molar-refractivity contribution in [3.63, 3.8) is 0 Å². The lowest BCUT2D eigenvalue weighted by Gasteiger charge is -2.22. The smallest absolute Gasteiger partial charge is 0.227 e. The molecule has 6 heteroatoms. The van der Waals surface area contributed by atoms with Crippen molar-refractivity contribution in [3.05, 3.63) is 71.2 Å². The van der Waals surface area contributed by atoms with E-state index in [2.05, 4.69) is 33.3 Å². The van der Waals surface area contributed by atoms with Crippen LogP contribution in [0.3, 0.4) is 0 Å². The lowest BCUT2D eigenvalue weighted by Crippen LogP contribution is -2.36. The molecule has 0 bridgehead atoms. The molecule has 4 rings (SSSR count). The van der Waals surface area contributed by atoms with Crippen molar-refractivity contribution in [1.29, 1.82) is 0 Å². The van der Waals surface area contributed by atoms with E-state index in [4.69, 9.17) is 11.6 Å². The molecule has 1 saturated heterocycles. The molecule has 1 N–H and O–H groups in total. The number of hydrogen-bond donors (Lipinski definition) is 1. The second-order valence-corrected chi connectivity index (χ2v) is 7.40. The molecule has 2 heterocycles. The summed E-state index contributed by atoms with van der Waals surface area (Å²) in [5.74, 6) is 1.06. The number of benzene rings is 2. The summed E-state index contributed by atoms with van der Waals surface area (Å²) in [5.41, 5.74) is 3.01. The average Bonchev–Trinajstić information content (AvgIpc) is 3.08. The molecule has 0 aliphatic carbocycles. The van der Waals surface area contributed by atoms with Gasteiger partial charge in [-0.25, -0.2) is 0 Å². The van der Waals surface area contributed by atoms with E-state index < -0.39 is 0 Å². The molecular formula is C22H23ClN4O. The van der Waals surface area contributed by atoms with Crippen LogP contribution in [0.4, 0.5) is 5.82 Å². The zero-order valence-corrected chi connectivity index (χ0v) is 16.4. The molecule has 1 amide bonds. The minimum absolute atomic E-state index is 0.127. The monoisotopic (exact) mass is 394 g/mol.